The summed E-state index contributed by atoms with van der Waals surface area (Å²) in [4.78, 5) is 15.4. The largest absolute Gasteiger partial charge is 0.338 e. The molecule has 3 rings (SSSR count). The van der Waals surface area contributed by atoms with Crippen LogP contribution in [0, 0.1) is 0 Å². The van der Waals surface area contributed by atoms with E-state index in [0.717, 1.165) is 6.54 Å². The zero-order chi connectivity index (χ0) is 14.7. The van der Waals surface area contributed by atoms with E-state index < -0.39 is 0 Å². The lowest BCUT2D eigenvalue weighted by Crippen LogP contribution is -2.35. The van der Waals surface area contributed by atoms with Gasteiger partial charge < -0.3 is 4.90 Å². The predicted molar refractivity (Wildman–Crippen MR) is 80.0 cm³/mol. The molecule has 1 fully saturated rings. The third-order valence-electron chi connectivity index (χ3n) is 3.81. The highest BCUT2D eigenvalue weighted by Gasteiger charge is 2.24. The van der Waals surface area contributed by atoms with Crippen molar-refractivity contribution in [2.75, 3.05) is 16.9 Å². The molecular formula is C13H20N8. The fourth-order valence-corrected chi connectivity index (χ4v) is 2.82. The van der Waals surface area contributed by atoms with Crippen LogP contribution in [0.2, 0.25) is 0 Å². The third-order valence-corrected chi connectivity index (χ3v) is 3.81. The first-order chi connectivity index (χ1) is 10.3. The first-order valence-electron chi connectivity index (χ1n) is 7.31. The van der Waals surface area contributed by atoms with Gasteiger partial charge in [0.2, 0.25) is 11.9 Å². The van der Waals surface area contributed by atoms with E-state index >= 15 is 0 Å². The summed E-state index contributed by atoms with van der Waals surface area (Å²) in [6.45, 7) is 2.97. The lowest BCUT2D eigenvalue weighted by Gasteiger charge is -2.27. The average molecular weight is 288 g/mol. The average Bonchev–Trinajstić information content (AvgIpc) is 3.21. The quantitative estimate of drug-likeness (QED) is 0.628. The number of hydrogen-bond acceptors (Lipinski definition) is 7. The van der Waals surface area contributed by atoms with Gasteiger partial charge in [-0.2, -0.15) is 20.1 Å². The van der Waals surface area contributed by atoms with Crippen molar-refractivity contribution in [3.05, 3.63) is 18.5 Å². The van der Waals surface area contributed by atoms with Gasteiger partial charge in [-0.25, -0.2) is 10.5 Å². The molecule has 1 saturated carbocycles. The van der Waals surface area contributed by atoms with Crippen LogP contribution < -0.4 is 16.2 Å². The maximum absolute atomic E-state index is 5.49. The fourth-order valence-electron chi connectivity index (χ4n) is 2.82. The molecule has 21 heavy (non-hydrogen) atoms. The molecule has 0 bridgehead atoms. The molecule has 2 heterocycles. The molecule has 0 aromatic carbocycles. The van der Waals surface area contributed by atoms with Crippen LogP contribution >= 0.6 is 0 Å². The molecule has 0 spiro atoms. The maximum Gasteiger partial charge on any atom is 0.257 e. The number of rotatable bonds is 5. The number of hydrogen-bond donors (Lipinski definition) is 2. The van der Waals surface area contributed by atoms with E-state index in [9.17, 15) is 0 Å². The minimum atomic E-state index is 0.349. The summed E-state index contributed by atoms with van der Waals surface area (Å²) in [5, 5.41) is 4.16. The highest BCUT2D eigenvalue weighted by molar-refractivity contribution is 5.40. The third kappa shape index (κ3) is 2.80. The molecule has 0 amide bonds. The van der Waals surface area contributed by atoms with Crippen molar-refractivity contribution in [3.8, 4) is 5.95 Å². The van der Waals surface area contributed by atoms with Crippen molar-refractivity contribution in [1.82, 2.24) is 24.7 Å². The van der Waals surface area contributed by atoms with Gasteiger partial charge in [-0.1, -0.05) is 12.8 Å². The molecule has 2 aromatic heterocycles. The van der Waals surface area contributed by atoms with E-state index in [2.05, 4.69) is 37.3 Å². The summed E-state index contributed by atoms with van der Waals surface area (Å²) in [7, 11) is 0. The maximum atomic E-state index is 5.49. The van der Waals surface area contributed by atoms with E-state index in [0.29, 0.717) is 23.9 Å². The summed E-state index contributed by atoms with van der Waals surface area (Å²) < 4.78 is 1.61. The van der Waals surface area contributed by atoms with Crippen LogP contribution in [-0.2, 0) is 0 Å². The zero-order valence-corrected chi connectivity index (χ0v) is 12.1. The van der Waals surface area contributed by atoms with Crippen molar-refractivity contribution in [1.29, 1.82) is 0 Å². The second-order valence-electron chi connectivity index (χ2n) is 5.08. The molecule has 0 saturated heterocycles. The molecule has 1 aliphatic rings. The van der Waals surface area contributed by atoms with Crippen molar-refractivity contribution < 1.29 is 0 Å². The van der Waals surface area contributed by atoms with Crippen molar-refractivity contribution in [2.45, 2.75) is 38.6 Å². The zero-order valence-electron chi connectivity index (χ0n) is 12.1. The van der Waals surface area contributed by atoms with Crippen LogP contribution in [0.15, 0.2) is 18.5 Å². The number of hydrazine groups is 1. The Hall–Kier alpha value is -2.22. The number of anilines is 2. The molecule has 0 radical (unpaired) electrons. The molecular weight excluding hydrogens is 268 g/mol. The Labute approximate surface area is 123 Å². The molecule has 8 nitrogen and oxygen atoms in total. The van der Waals surface area contributed by atoms with Crippen LogP contribution in [0.5, 0.6) is 0 Å². The van der Waals surface area contributed by atoms with Gasteiger partial charge in [-0.15, -0.1) is 0 Å². The Morgan fingerprint density at radius 3 is 2.76 bits per heavy atom. The lowest BCUT2D eigenvalue weighted by molar-refractivity contribution is 0.601. The normalized spacial score (nSPS) is 15.3. The Morgan fingerprint density at radius 1 is 1.33 bits per heavy atom. The SMILES string of the molecule is CCN(c1nc(NN)nc(-n2cccn2)n1)C1CCCC1. The Balaban J connectivity index is 1.98. The monoisotopic (exact) mass is 288 g/mol. The van der Waals surface area contributed by atoms with Gasteiger partial charge in [0.05, 0.1) is 0 Å². The molecule has 1 aliphatic carbocycles. The number of aromatic nitrogens is 5. The van der Waals surface area contributed by atoms with Crippen LogP contribution in [0.3, 0.4) is 0 Å². The fraction of sp³-hybridized carbons (Fsp3) is 0.538. The van der Waals surface area contributed by atoms with Crippen molar-refractivity contribution >= 4 is 11.9 Å². The number of nitrogen functional groups attached to an aromatic ring is 1. The van der Waals surface area contributed by atoms with E-state index in [4.69, 9.17) is 5.84 Å². The topological polar surface area (TPSA) is 97.8 Å². The van der Waals surface area contributed by atoms with Crippen molar-refractivity contribution in [3.63, 3.8) is 0 Å². The van der Waals surface area contributed by atoms with Gasteiger partial charge in [0.1, 0.15) is 0 Å². The van der Waals surface area contributed by atoms with Gasteiger partial charge >= 0.3 is 0 Å². The van der Waals surface area contributed by atoms with Gasteiger partial charge in [0, 0.05) is 25.0 Å². The number of nitrogens with two attached hydrogens (primary N) is 1. The molecule has 8 heteroatoms. The van der Waals surface area contributed by atoms with Gasteiger partial charge in [-0.05, 0) is 25.8 Å². The molecule has 3 N–H and O–H groups in total. The smallest absolute Gasteiger partial charge is 0.257 e. The number of nitrogens with zero attached hydrogens (tertiary/aromatic N) is 6. The van der Waals surface area contributed by atoms with Gasteiger partial charge in [0.15, 0.2) is 0 Å². The molecule has 2 aromatic rings. The molecule has 0 unspecified atom stereocenters. The van der Waals surface area contributed by atoms with Crippen molar-refractivity contribution in [2.24, 2.45) is 5.84 Å². The summed E-state index contributed by atoms with van der Waals surface area (Å²) in [6.07, 6.45) is 8.38. The second-order valence-corrected chi connectivity index (χ2v) is 5.08. The summed E-state index contributed by atoms with van der Waals surface area (Å²) in [5.74, 6) is 6.95. The summed E-state index contributed by atoms with van der Waals surface area (Å²) in [5.41, 5.74) is 2.51. The van der Waals surface area contributed by atoms with Gasteiger partial charge in [-0.3, -0.25) is 5.43 Å². The van der Waals surface area contributed by atoms with E-state index in [-0.39, 0.29) is 0 Å². The highest BCUT2D eigenvalue weighted by atomic mass is 15.4. The standard InChI is InChI=1S/C13H20N8/c1-2-20(10-6-3-4-7-10)12-16-11(19-14)17-13(18-12)21-9-5-8-15-21/h5,8-10H,2-4,6-7,14H2,1H3,(H,16,17,18,19). The Kier molecular flexibility index (Phi) is 3.96. The first kappa shape index (κ1) is 13.7. The number of nitrogens with one attached hydrogen (secondary N) is 1. The van der Waals surface area contributed by atoms with Crippen LogP contribution in [0.1, 0.15) is 32.6 Å². The van der Waals surface area contributed by atoms with E-state index in [1.807, 2.05) is 6.07 Å². The first-order valence-corrected chi connectivity index (χ1v) is 7.31. The molecule has 0 atom stereocenters. The minimum Gasteiger partial charge on any atom is -0.338 e. The lowest BCUT2D eigenvalue weighted by atomic mass is 10.2. The molecule has 112 valence electrons. The predicted octanol–water partition coefficient (Wildman–Crippen LogP) is 1.11. The van der Waals surface area contributed by atoms with E-state index in [1.54, 1.807) is 17.1 Å². The van der Waals surface area contributed by atoms with Crippen LogP contribution in [0.25, 0.3) is 5.95 Å². The minimum absolute atomic E-state index is 0.349. The summed E-state index contributed by atoms with van der Waals surface area (Å²) in [6, 6.07) is 2.32. The molecule has 0 aliphatic heterocycles. The second kappa shape index (κ2) is 6.04. The van der Waals surface area contributed by atoms with Crippen LogP contribution in [0.4, 0.5) is 11.9 Å². The summed E-state index contributed by atoms with van der Waals surface area (Å²) >= 11 is 0. The van der Waals surface area contributed by atoms with Gasteiger partial charge in [0.25, 0.3) is 5.95 Å². The Morgan fingerprint density at radius 2 is 2.14 bits per heavy atom. The van der Waals surface area contributed by atoms with Crippen LogP contribution in [-0.4, -0.2) is 37.3 Å². The highest BCUT2D eigenvalue weighted by Crippen LogP contribution is 2.26. The Bertz CT molecular complexity index is 576. The van der Waals surface area contributed by atoms with E-state index in [1.165, 1.54) is 25.7 Å².